The Morgan fingerprint density at radius 3 is 2.79 bits per heavy atom. The molecule has 5 nitrogen and oxygen atoms in total. The van der Waals surface area contributed by atoms with Crippen LogP contribution >= 0.6 is 0 Å². The Balaban J connectivity index is 2.83. The van der Waals surface area contributed by atoms with Crippen molar-refractivity contribution in [3.05, 3.63) is 18.0 Å². The fraction of sp³-hybridized carbons (Fsp3) is 0.556. The van der Waals surface area contributed by atoms with Crippen molar-refractivity contribution in [1.29, 1.82) is 0 Å². The third-order valence-corrected chi connectivity index (χ3v) is 1.90. The van der Waals surface area contributed by atoms with Crippen LogP contribution in [0.25, 0.3) is 0 Å². The lowest BCUT2D eigenvalue weighted by Gasteiger charge is -2.14. The number of carboxylic acids is 1. The van der Waals surface area contributed by atoms with Gasteiger partial charge in [0.05, 0.1) is 12.1 Å². The second-order valence-corrected chi connectivity index (χ2v) is 3.41. The summed E-state index contributed by atoms with van der Waals surface area (Å²) in [6.07, 6.45) is 0.274. The quantitative estimate of drug-likeness (QED) is 0.756. The lowest BCUT2D eigenvalue weighted by molar-refractivity contribution is -0.139. The van der Waals surface area contributed by atoms with Crippen LogP contribution in [0.2, 0.25) is 0 Å². The highest BCUT2D eigenvalue weighted by Gasteiger charge is 2.17. The first kappa shape index (κ1) is 10.7. The van der Waals surface area contributed by atoms with Crippen LogP contribution in [-0.2, 0) is 4.79 Å². The molecule has 78 valence electrons. The summed E-state index contributed by atoms with van der Waals surface area (Å²) < 4.78 is 1.62. The molecule has 14 heavy (non-hydrogen) atoms. The van der Waals surface area contributed by atoms with Gasteiger partial charge in [0.2, 0.25) is 0 Å². The molecule has 0 aliphatic heterocycles. The normalized spacial score (nSPS) is 13.1. The molecule has 0 aliphatic carbocycles. The van der Waals surface area contributed by atoms with Gasteiger partial charge in [-0.2, -0.15) is 5.10 Å². The van der Waals surface area contributed by atoms with E-state index in [-0.39, 0.29) is 12.5 Å². The molecule has 1 aromatic heterocycles. The molecule has 0 saturated carbocycles. The van der Waals surface area contributed by atoms with E-state index in [1.807, 2.05) is 13.8 Å². The minimum Gasteiger partial charge on any atom is -0.481 e. The van der Waals surface area contributed by atoms with Gasteiger partial charge in [0.1, 0.15) is 6.10 Å². The molecule has 0 aliphatic rings. The number of rotatable bonds is 4. The number of aromatic nitrogens is 2. The summed E-state index contributed by atoms with van der Waals surface area (Å²) in [4.78, 5) is 10.4. The summed E-state index contributed by atoms with van der Waals surface area (Å²) in [7, 11) is 0. The van der Waals surface area contributed by atoms with Crippen molar-refractivity contribution in [1.82, 2.24) is 9.78 Å². The summed E-state index contributed by atoms with van der Waals surface area (Å²) in [6.45, 7) is 3.84. The molecule has 0 saturated heterocycles. The Morgan fingerprint density at radius 2 is 2.29 bits per heavy atom. The van der Waals surface area contributed by atoms with Crippen LogP contribution in [0.1, 0.15) is 38.1 Å². The number of aliphatic hydroxyl groups excluding tert-OH is 1. The second kappa shape index (κ2) is 4.23. The van der Waals surface area contributed by atoms with Gasteiger partial charge in [-0.25, -0.2) is 0 Å². The molecule has 0 spiro atoms. The van der Waals surface area contributed by atoms with Crippen molar-refractivity contribution in [2.45, 2.75) is 32.4 Å². The average molecular weight is 198 g/mol. The standard InChI is InChI=1S/C9H14N2O3/c1-6(2)11-7(3-4-10-11)8(12)5-9(13)14/h3-4,6,8,12H,5H2,1-2H3,(H,13,14). The highest BCUT2D eigenvalue weighted by Crippen LogP contribution is 2.18. The maximum Gasteiger partial charge on any atom is 0.306 e. The van der Waals surface area contributed by atoms with Gasteiger partial charge in [0, 0.05) is 12.2 Å². The smallest absolute Gasteiger partial charge is 0.306 e. The van der Waals surface area contributed by atoms with Crippen molar-refractivity contribution in [2.24, 2.45) is 0 Å². The van der Waals surface area contributed by atoms with Crippen molar-refractivity contribution in [3.63, 3.8) is 0 Å². The van der Waals surface area contributed by atoms with E-state index in [1.54, 1.807) is 16.9 Å². The van der Waals surface area contributed by atoms with Crippen LogP contribution in [0.3, 0.4) is 0 Å². The molecule has 0 aromatic carbocycles. The molecule has 1 rings (SSSR count). The highest BCUT2D eigenvalue weighted by atomic mass is 16.4. The summed E-state index contributed by atoms with van der Waals surface area (Å²) >= 11 is 0. The first-order chi connectivity index (χ1) is 6.52. The van der Waals surface area contributed by atoms with Crippen molar-refractivity contribution in [2.75, 3.05) is 0 Å². The van der Waals surface area contributed by atoms with Gasteiger partial charge in [-0.1, -0.05) is 0 Å². The Hall–Kier alpha value is -1.36. The first-order valence-electron chi connectivity index (χ1n) is 4.45. The van der Waals surface area contributed by atoms with Crippen LogP contribution < -0.4 is 0 Å². The van der Waals surface area contributed by atoms with E-state index in [4.69, 9.17) is 5.11 Å². The van der Waals surface area contributed by atoms with Crippen LogP contribution in [0, 0.1) is 0 Å². The zero-order valence-electron chi connectivity index (χ0n) is 8.21. The van der Waals surface area contributed by atoms with Gasteiger partial charge in [-0.15, -0.1) is 0 Å². The fourth-order valence-electron chi connectivity index (χ4n) is 1.29. The SMILES string of the molecule is CC(C)n1nccc1C(O)CC(=O)O. The van der Waals surface area contributed by atoms with Gasteiger partial charge < -0.3 is 10.2 Å². The zero-order chi connectivity index (χ0) is 10.7. The summed E-state index contributed by atoms with van der Waals surface area (Å²) in [5.74, 6) is -1.02. The van der Waals surface area contributed by atoms with E-state index in [1.165, 1.54) is 0 Å². The minimum atomic E-state index is -1.02. The molecule has 0 radical (unpaired) electrons. The number of hydrogen-bond donors (Lipinski definition) is 2. The monoisotopic (exact) mass is 198 g/mol. The number of carboxylic acid groups (broad SMARTS) is 1. The molecule has 0 fully saturated rings. The number of aliphatic carboxylic acids is 1. The van der Waals surface area contributed by atoms with E-state index in [0.717, 1.165) is 0 Å². The number of nitrogens with zero attached hydrogens (tertiary/aromatic N) is 2. The fourth-order valence-corrected chi connectivity index (χ4v) is 1.29. The lowest BCUT2D eigenvalue weighted by Crippen LogP contribution is -2.13. The summed E-state index contributed by atoms with van der Waals surface area (Å²) in [5, 5.41) is 22.1. The molecule has 1 aromatic rings. The summed E-state index contributed by atoms with van der Waals surface area (Å²) in [5.41, 5.74) is 0.544. The Bertz CT molecular complexity index is 320. The van der Waals surface area contributed by atoms with Crippen molar-refractivity contribution >= 4 is 5.97 Å². The highest BCUT2D eigenvalue weighted by molar-refractivity contribution is 5.67. The largest absolute Gasteiger partial charge is 0.481 e. The van der Waals surface area contributed by atoms with Crippen molar-refractivity contribution in [3.8, 4) is 0 Å². The first-order valence-corrected chi connectivity index (χ1v) is 4.45. The van der Waals surface area contributed by atoms with Crippen LogP contribution in [-0.4, -0.2) is 26.0 Å². The molecular weight excluding hydrogens is 184 g/mol. The topological polar surface area (TPSA) is 75.3 Å². The average Bonchev–Trinajstić information content (AvgIpc) is 2.49. The Labute approximate surface area is 82.0 Å². The van der Waals surface area contributed by atoms with E-state index >= 15 is 0 Å². The molecule has 2 N–H and O–H groups in total. The van der Waals surface area contributed by atoms with Crippen LogP contribution in [0.15, 0.2) is 12.3 Å². The molecule has 0 amide bonds. The second-order valence-electron chi connectivity index (χ2n) is 3.41. The number of hydrogen-bond acceptors (Lipinski definition) is 3. The predicted octanol–water partition coefficient (Wildman–Crippen LogP) is 0.972. The zero-order valence-corrected chi connectivity index (χ0v) is 8.21. The number of carbonyl (C=O) groups is 1. The molecule has 1 atom stereocenters. The third kappa shape index (κ3) is 2.32. The van der Waals surface area contributed by atoms with Crippen LogP contribution in [0.4, 0.5) is 0 Å². The van der Waals surface area contributed by atoms with E-state index in [0.29, 0.717) is 5.69 Å². The maximum atomic E-state index is 10.4. The molecule has 1 unspecified atom stereocenters. The van der Waals surface area contributed by atoms with Gasteiger partial charge >= 0.3 is 5.97 Å². The van der Waals surface area contributed by atoms with Crippen molar-refractivity contribution < 1.29 is 15.0 Å². The Kier molecular flexibility index (Phi) is 3.24. The van der Waals surface area contributed by atoms with Gasteiger partial charge in [-0.3, -0.25) is 9.48 Å². The van der Waals surface area contributed by atoms with E-state index in [9.17, 15) is 9.90 Å². The lowest BCUT2D eigenvalue weighted by atomic mass is 10.2. The van der Waals surface area contributed by atoms with Gasteiger partial charge in [0.25, 0.3) is 0 Å². The molecule has 0 bridgehead atoms. The van der Waals surface area contributed by atoms with Gasteiger partial charge in [0.15, 0.2) is 0 Å². The minimum absolute atomic E-state index is 0.114. The van der Waals surface area contributed by atoms with E-state index < -0.39 is 12.1 Å². The Morgan fingerprint density at radius 1 is 1.64 bits per heavy atom. The maximum absolute atomic E-state index is 10.4. The van der Waals surface area contributed by atoms with Gasteiger partial charge in [-0.05, 0) is 19.9 Å². The summed E-state index contributed by atoms with van der Waals surface area (Å²) in [6, 6.07) is 1.75. The van der Waals surface area contributed by atoms with E-state index in [2.05, 4.69) is 5.10 Å². The third-order valence-electron chi connectivity index (χ3n) is 1.90. The van der Waals surface area contributed by atoms with Crippen LogP contribution in [0.5, 0.6) is 0 Å². The number of aliphatic hydroxyl groups is 1. The molecule has 1 heterocycles. The predicted molar refractivity (Wildman–Crippen MR) is 49.8 cm³/mol. The molecular formula is C9H14N2O3. The molecule has 5 heteroatoms.